The number of carboxylic acids is 1. The summed E-state index contributed by atoms with van der Waals surface area (Å²) in [6, 6.07) is 13.8. The first-order chi connectivity index (χ1) is 11.6. The maximum Gasteiger partial charge on any atom is 0.327 e. The number of rotatable bonds is 5. The minimum Gasteiger partial charge on any atom is -0.480 e. The van der Waals surface area contributed by atoms with Crippen molar-refractivity contribution in [1.29, 1.82) is 0 Å². The number of hydrogen-bond acceptors (Lipinski definition) is 3. The Morgan fingerprint density at radius 3 is 1.92 bits per heavy atom. The van der Waals surface area contributed by atoms with Crippen LogP contribution in [0.4, 0.5) is 0 Å². The number of carboxylic acid groups (broad SMARTS) is 1. The standard InChI is InChI=1S/C19H15NO4/c1-2-13(12-8-4-3-5-9-12)16(19(23)24)20-17(21)14-10-6-7-11-15(14)18(20)22/h2-11,13,16H,1H2,(H,23,24)/t13-,16+/m1/s1. The molecule has 1 N–H and O–H groups in total. The third kappa shape index (κ3) is 2.40. The Kier molecular flexibility index (Phi) is 4.00. The first kappa shape index (κ1) is 15.7. The van der Waals surface area contributed by atoms with Crippen LogP contribution in [0.25, 0.3) is 0 Å². The van der Waals surface area contributed by atoms with Crippen LogP contribution in [0.15, 0.2) is 67.3 Å². The molecule has 120 valence electrons. The van der Waals surface area contributed by atoms with Crippen molar-refractivity contribution in [2.75, 3.05) is 0 Å². The zero-order valence-electron chi connectivity index (χ0n) is 12.8. The van der Waals surface area contributed by atoms with E-state index in [1.54, 1.807) is 42.5 Å². The average molecular weight is 321 g/mol. The largest absolute Gasteiger partial charge is 0.480 e. The molecule has 0 bridgehead atoms. The van der Waals surface area contributed by atoms with E-state index in [-0.39, 0.29) is 11.1 Å². The molecule has 2 amide bonds. The smallest absolute Gasteiger partial charge is 0.327 e. The van der Waals surface area contributed by atoms with Gasteiger partial charge in [0, 0.05) is 5.92 Å². The number of fused-ring (bicyclic) bond motifs is 1. The van der Waals surface area contributed by atoms with Crippen LogP contribution in [0, 0.1) is 0 Å². The summed E-state index contributed by atoms with van der Waals surface area (Å²) in [6.07, 6.45) is 1.46. The van der Waals surface area contributed by atoms with Gasteiger partial charge < -0.3 is 5.11 Å². The molecule has 0 aromatic heterocycles. The lowest BCUT2D eigenvalue weighted by atomic mass is 9.90. The molecule has 0 unspecified atom stereocenters. The molecule has 24 heavy (non-hydrogen) atoms. The van der Waals surface area contributed by atoms with Crippen LogP contribution in [0.2, 0.25) is 0 Å². The van der Waals surface area contributed by atoms with E-state index < -0.39 is 29.7 Å². The van der Waals surface area contributed by atoms with Crippen LogP contribution in [0.3, 0.4) is 0 Å². The Morgan fingerprint density at radius 2 is 1.46 bits per heavy atom. The van der Waals surface area contributed by atoms with Gasteiger partial charge in [-0.3, -0.25) is 14.5 Å². The molecular formula is C19H15NO4. The SMILES string of the molecule is C=C[C@H](c1ccccc1)[C@@H](C(=O)O)N1C(=O)c2ccccc2C1=O. The van der Waals surface area contributed by atoms with Gasteiger partial charge in [-0.05, 0) is 17.7 Å². The van der Waals surface area contributed by atoms with Crippen molar-refractivity contribution in [2.24, 2.45) is 0 Å². The third-order valence-electron chi connectivity index (χ3n) is 4.14. The molecule has 3 rings (SSSR count). The molecule has 0 aliphatic carbocycles. The second-order valence-electron chi connectivity index (χ2n) is 5.48. The maximum absolute atomic E-state index is 12.6. The van der Waals surface area contributed by atoms with Gasteiger partial charge in [-0.15, -0.1) is 6.58 Å². The minimum atomic E-state index is -1.35. The Balaban J connectivity index is 2.07. The Hall–Kier alpha value is -3.21. The summed E-state index contributed by atoms with van der Waals surface area (Å²) in [5, 5.41) is 9.72. The molecule has 2 aromatic carbocycles. The van der Waals surface area contributed by atoms with Crippen LogP contribution in [0.5, 0.6) is 0 Å². The molecule has 1 aliphatic heterocycles. The predicted octanol–water partition coefficient (Wildman–Crippen LogP) is 2.71. The van der Waals surface area contributed by atoms with E-state index in [1.807, 2.05) is 0 Å². The predicted molar refractivity (Wildman–Crippen MR) is 87.7 cm³/mol. The molecule has 5 nitrogen and oxygen atoms in total. The average Bonchev–Trinajstić information content (AvgIpc) is 2.85. The summed E-state index contributed by atoms with van der Waals surface area (Å²) in [4.78, 5) is 38.0. The van der Waals surface area contributed by atoms with Gasteiger partial charge in [0.2, 0.25) is 0 Å². The quantitative estimate of drug-likeness (QED) is 0.679. The first-order valence-electron chi connectivity index (χ1n) is 7.43. The molecule has 2 atom stereocenters. The number of carbonyl (C=O) groups excluding carboxylic acids is 2. The lowest BCUT2D eigenvalue weighted by Gasteiger charge is -2.28. The van der Waals surface area contributed by atoms with Crippen molar-refractivity contribution in [1.82, 2.24) is 4.90 Å². The molecule has 5 heteroatoms. The van der Waals surface area contributed by atoms with Crippen LogP contribution < -0.4 is 0 Å². The van der Waals surface area contributed by atoms with E-state index in [0.717, 1.165) is 4.90 Å². The van der Waals surface area contributed by atoms with E-state index in [2.05, 4.69) is 6.58 Å². The number of amides is 2. The fourth-order valence-electron chi connectivity index (χ4n) is 3.01. The van der Waals surface area contributed by atoms with Crippen molar-refractivity contribution in [3.63, 3.8) is 0 Å². The molecule has 0 fully saturated rings. The van der Waals surface area contributed by atoms with Crippen molar-refractivity contribution in [3.05, 3.63) is 83.9 Å². The van der Waals surface area contributed by atoms with Gasteiger partial charge in [-0.2, -0.15) is 0 Å². The zero-order chi connectivity index (χ0) is 17.3. The number of nitrogens with zero attached hydrogens (tertiary/aromatic N) is 1. The summed E-state index contributed by atoms with van der Waals surface area (Å²) < 4.78 is 0. The van der Waals surface area contributed by atoms with Crippen molar-refractivity contribution in [2.45, 2.75) is 12.0 Å². The van der Waals surface area contributed by atoms with Crippen LogP contribution >= 0.6 is 0 Å². The molecule has 0 saturated heterocycles. The van der Waals surface area contributed by atoms with Crippen LogP contribution in [-0.2, 0) is 4.79 Å². The fourth-order valence-corrected chi connectivity index (χ4v) is 3.01. The minimum absolute atomic E-state index is 0.227. The summed E-state index contributed by atoms with van der Waals surface area (Å²) in [5.41, 5.74) is 1.13. The van der Waals surface area contributed by atoms with Gasteiger partial charge in [-0.1, -0.05) is 48.5 Å². The lowest BCUT2D eigenvalue weighted by molar-refractivity contribution is -0.142. The highest BCUT2D eigenvalue weighted by Crippen LogP contribution is 2.32. The molecule has 0 saturated carbocycles. The van der Waals surface area contributed by atoms with Crippen molar-refractivity contribution in [3.8, 4) is 0 Å². The second-order valence-corrected chi connectivity index (χ2v) is 5.48. The highest BCUT2D eigenvalue weighted by Gasteiger charge is 2.45. The van der Waals surface area contributed by atoms with Gasteiger partial charge >= 0.3 is 5.97 Å². The van der Waals surface area contributed by atoms with E-state index >= 15 is 0 Å². The summed E-state index contributed by atoms with van der Waals surface area (Å²) >= 11 is 0. The molecule has 1 heterocycles. The summed E-state index contributed by atoms with van der Waals surface area (Å²) in [5.74, 6) is -3.14. The topological polar surface area (TPSA) is 74.7 Å². The van der Waals surface area contributed by atoms with Crippen LogP contribution in [-0.4, -0.2) is 33.8 Å². The monoisotopic (exact) mass is 321 g/mol. The third-order valence-corrected chi connectivity index (χ3v) is 4.14. The van der Waals surface area contributed by atoms with Crippen molar-refractivity contribution < 1.29 is 19.5 Å². The Morgan fingerprint density at radius 1 is 0.958 bits per heavy atom. The van der Waals surface area contributed by atoms with Gasteiger partial charge in [0.1, 0.15) is 6.04 Å². The number of imide groups is 1. The highest BCUT2D eigenvalue weighted by atomic mass is 16.4. The molecule has 0 radical (unpaired) electrons. The van der Waals surface area contributed by atoms with Crippen LogP contribution in [0.1, 0.15) is 32.2 Å². The summed E-state index contributed by atoms with van der Waals surface area (Å²) in [7, 11) is 0. The van der Waals surface area contributed by atoms with Gasteiger partial charge in [0.25, 0.3) is 11.8 Å². The molecule has 2 aromatic rings. The van der Waals surface area contributed by atoms with E-state index in [0.29, 0.717) is 5.56 Å². The Labute approximate surface area is 138 Å². The van der Waals surface area contributed by atoms with Gasteiger partial charge in [0.05, 0.1) is 11.1 Å². The fraction of sp³-hybridized carbons (Fsp3) is 0.105. The second kappa shape index (κ2) is 6.12. The number of hydrogen-bond donors (Lipinski definition) is 1. The Bertz CT molecular complexity index is 793. The number of carbonyl (C=O) groups is 3. The highest BCUT2D eigenvalue weighted by molar-refractivity contribution is 6.22. The maximum atomic E-state index is 12.6. The molecule has 1 aliphatic rings. The molecule has 0 spiro atoms. The van der Waals surface area contributed by atoms with E-state index in [9.17, 15) is 19.5 Å². The zero-order valence-corrected chi connectivity index (χ0v) is 12.8. The molecular weight excluding hydrogens is 306 g/mol. The number of benzene rings is 2. The number of aliphatic carboxylic acids is 1. The van der Waals surface area contributed by atoms with E-state index in [1.165, 1.54) is 18.2 Å². The van der Waals surface area contributed by atoms with E-state index in [4.69, 9.17) is 0 Å². The summed E-state index contributed by atoms with van der Waals surface area (Å²) in [6.45, 7) is 3.70. The van der Waals surface area contributed by atoms with Crippen molar-refractivity contribution >= 4 is 17.8 Å². The lowest BCUT2D eigenvalue weighted by Crippen LogP contribution is -2.48. The van der Waals surface area contributed by atoms with Gasteiger partial charge in [-0.25, -0.2) is 4.79 Å². The first-order valence-corrected chi connectivity index (χ1v) is 7.43. The van der Waals surface area contributed by atoms with Gasteiger partial charge in [0.15, 0.2) is 0 Å². The normalized spacial score (nSPS) is 15.8.